The summed E-state index contributed by atoms with van der Waals surface area (Å²) in [6, 6.07) is 10.4. The Kier molecular flexibility index (Phi) is 7.19. The van der Waals surface area contributed by atoms with Crippen molar-refractivity contribution in [3.05, 3.63) is 35.9 Å². The average molecular weight is 263 g/mol. The quantitative estimate of drug-likeness (QED) is 0.744. The van der Waals surface area contributed by atoms with Crippen LogP contribution in [0.4, 0.5) is 0 Å². The van der Waals surface area contributed by atoms with Crippen molar-refractivity contribution in [2.45, 2.75) is 33.1 Å². The predicted octanol–water partition coefficient (Wildman–Crippen LogP) is 3.05. The molecule has 0 aromatic heterocycles. The third-order valence-corrected chi connectivity index (χ3v) is 3.34. The van der Waals surface area contributed by atoms with Crippen molar-refractivity contribution in [3.63, 3.8) is 0 Å². The van der Waals surface area contributed by atoms with E-state index in [0.29, 0.717) is 6.54 Å². The maximum atomic E-state index is 11.0. The molecular formula is C16H25NO2. The predicted molar refractivity (Wildman–Crippen MR) is 78.3 cm³/mol. The number of carboxylic acids is 1. The summed E-state index contributed by atoms with van der Waals surface area (Å²) in [4.78, 5) is 13.2. The van der Waals surface area contributed by atoms with Crippen molar-refractivity contribution in [1.82, 2.24) is 4.90 Å². The van der Waals surface area contributed by atoms with Gasteiger partial charge in [-0.05, 0) is 24.9 Å². The summed E-state index contributed by atoms with van der Waals surface area (Å²) >= 11 is 0. The highest BCUT2D eigenvalue weighted by molar-refractivity contribution is 5.69. The number of nitrogens with zero attached hydrogens (tertiary/aromatic N) is 1. The Bertz CT molecular complexity index is 364. The highest BCUT2D eigenvalue weighted by Crippen LogP contribution is 2.06. The van der Waals surface area contributed by atoms with Gasteiger partial charge in [0.05, 0.1) is 5.92 Å². The minimum Gasteiger partial charge on any atom is -0.481 e. The Morgan fingerprint density at radius 1 is 1.26 bits per heavy atom. The molecule has 0 fully saturated rings. The van der Waals surface area contributed by atoms with E-state index in [2.05, 4.69) is 24.0 Å². The summed E-state index contributed by atoms with van der Waals surface area (Å²) < 4.78 is 0. The van der Waals surface area contributed by atoms with Gasteiger partial charge in [0, 0.05) is 13.1 Å². The van der Waals surface area contributed by atoms with Crippen molar-refractivity contribution in [1.29, 1.82) is 0 Å². The second-order valence-electron chi connectivity index (χ2n) is 5.13. The number of hydrogen-bond acceptors (Lipinski definition) is 2. The van der Waals surface area contributed by atoms with Crippen molar-refractivity contribution in [3.8, 4) is 0 Å². The second kappa shape index (κ2) is 8.70. The van der Waals surface area contributed by atoms with E-state index in [-0.39, 0.29) is 5.92 Å². The molecule has 1 atom stereocenters. The van der Waals surface area contributed by atoms with Crippen LogP contribution >= 0.6 is 0 Å². The molecule has 0 aliphatic rings. The fourth-order valence-corrected chi connectivity index (χ4v) is 2.07. The third kappa shape index (κ3) is 6.39. The van der Waals surface area contributed by atoms with E-state index in [0.717, 1.165) is 32.4 Å². The van der Waals surface area contributed by atoms with Crippen LogP contribution in [0, 0.1) is 5.92 Å². The Morgan fingerprint density at radius 3 is 2.53 bits per heavy atom. The fourth-order valence-electron chi connectivity index (χ4n) is 2.07. The molecule has 0 spiro atoms. The van der Waals surface area contributed by atoms with Crippen LogP contribution in [-0.4, -0.2) is 35.6 Å². The largest absolute Gasteiger partial charge is 0.481 e. The molecule has 0 aliphatic heterocycles. The van der Waals surface area contributed by atoms with Gasteiger partial charge in [-0.25, -0.2) is 0 Å². The van der Waals surface area contributed by atoms with Crippen LogP contribution in [0.2, 0.25) is 0 Å². The van der Waals surface area contributed by atoms with Gasteiger partial charge in [-0.15, -0.1) is 0 Å². The van der Waals surface area contributed by atoms with Gasteiger partial charge in [0.1, 0.15) is 0 Å². The standard InChI is InChI=1S/C16H25NO2/c1-3-4-11-17(13-14(2)16(18)19)12-10-15-8-6-5-7-9-15/h5-9,14H,3-4,10-13H2,1-2H3,(H,18,19). The summed E-state index contributed by atoms with van der Waals surface area (Å²) in [5.74, 6) is -1.01. The summed E-state index contributed by atoms with van der Waals surface area (Å²) in [5.41, 5.74) is 1.31. The Hall–Kier alpha value is -1.35. The molecule has 1 unspecified atom stereocenters. The average Bonchev–Trinajstić information content (AvgIpc) is 2.42. The zero-order chi connectivity index (χ0) is 14.1. The van der Waals surface area contributed by atoms with Gasteiger partial charge in [-0.3, -0.25) is 4.79 Å². The lowest BCUT2D eigenvalue weighted by Gasteiger charge is -2.24. The van der Waals surface area contributed by atoms with Gasteiger partial charge in [0.15, 0.2) is 0 Å². The first-order chi connectivity index (χ1) is 9.13. The van der Waals surface area contributed by atoms with Crippen LogP contribution in [0.3, 0.4) is 0 Å². The fraction of sp³-hybridized carbons (Fsp3) is 0.562. The van der Waals surface area contributed by atoms with Crippen molar-refractivity contribution in [2.24, 2.45) is 5.92 Å². The molecule has 0 saturated heterocycles. The molecule has 1 rings (SSSR count). The van der Waals surface area contributed by atoms with Gasteiger partial charge < -0.3 is 10.0 Å². The first-order valence-electron chi connectivity index (χ1n) is 7.12. The molecule has 0 saturated carbocycles. The number of unbranched alkanes of at least 4 members (excludes halogenated alkanes) is 1. The van der Waals surface area contributed by atoms with E-state index in [9.17, 15) is 4.79 Å². The molecule has 0 aliphatic carbocycles. The first-order valence-corrected chi connectivity index (χ1v) is 7.12. The van der Waals surface area contributed by atoms with E-state index >= 15 is 0 Å². The third-order valence-electron chi connectivity index (χ3n) is 3.34. The monoisotopic (exact) mass is 263 g/mol. The number of carboxylic acid groups (broad SMARTS) is 1. The van der Waals surface area contributed by atoms with Gasteiger partial charge in [-0.2, -0.15) is 0 Å². The zero-order valence-corrected chi connectivity index (χ0v) is 12.0. The van der Waals surface area contributed by atoms with Crippen LogP contribution < -0.4 is 0 Å². The van der Waals surface area contributed by atoms with Crippen LogP contribution in [0.25, 0.3) is 0 Å². The number of hydrogen-bond donors (Lipinski definition) is 1. The molecule has 1 N–H and O–H groups in total. The lowest BCUT2D eigenvalue weighted by Crippen LogP contribution is -2.34. The number of benzene rings is 1. The topological polar surface area (TPSA) is 40.5 Å². The molecule has 106 valence electrons. The van der Waals surface area contributed by atoms with Crippen LogP contribution in [0.15, 0.2) is 30.3 Å². The maximum absolute atomic E-state index is 11.0. The van der Waals surface area contributed by atoms with Crippen molar-refractivity contribution in [2.75, 3.05) is 19.6 Å². The minimum atomic E-state index is -0.707. The molecular weight excluding hydrogens is 238 g/mol. The molecule has 0 radical (unpaired) electrons. The van der Waals surface area contributed by atoms with Crippen LogP contribution in [0.5, 0.6) is 0 Å². The van der Waals surface area contributed by atoms with E-state index in [1.807, 2.05) is 18.2 Å². The molecule has 0 heterocycles. The molecule has 0 amide bonds. The van der Waals surface area contributed by atoms with Crippen molar-refractivity contribution >= 4 is 5.97 Å². The molecule has 3 nitrogen and oxygen atoms in total. The zero-order valence-electron chi connectivity index (χ0n) is 12.0. The summed E-state index contributed by atoms with van der Waals surface area (Å²) in [5, 5.41) is 9.01. The minimum absolute atomic E-state index is 0.298. The molecule has 19 heavy (non-hydrogen) atoms. The summed E-state index contributed by atoms with van der Waals surface area (Å²) in [6.45, 7) is 6.50. The van der Waals surface area contributed by atoms with Crippen LogP contribution in [0.1, 0.15) is 32.3 Å². The number of rotatable bonds is 9. The van der Waals surface area contributed by atoms with Gasteiger partial charge in [0.2, 0.25) is 0 Å². The van der Waals surface area contributed by atoms with E-state index in [4.69, 9.17) is 5.11 Å². The lowest BCUT2D eigenvalue weighted by molar-refractivity contribution is -0.141. The van der Waals surface area contributed by atoms with Gasteiger partial charge in [-0.1, -0.05) is 50.6 Å². The van der Waals surface area contributed by atoms with E-state index in [1.165, 1.54) is 5.56 Å². The van der Waals surface area contributed by atoms with Gasteiger partial charge in [0.25, 0.3) is 0 Å². The molecule has 3 heteroatoms. The smallest absolute Gasteiger partial charge is 0.307 e. The van der Waals surface area contributed by atoms with E-state index in [1.54, 1.807) is 6.92 Å². The molecule has 1 aromatic carbocycles. The van der Waals surface area contributed by atoms with E-state index < -0.39 is 5.97 Å². The highest BCUT2D eigenvalue weighted by Gasteiger charge is 2.15. The summed E-state index contributed by atoms with van der Waals surface area (Å²) in [6.07, 6.45) is 3.25. The number of carbonyl (C=O) groups is 1. The maximum Gasteiger partial charge on any atom is 0.307 e. The second-order valence-corrected chi connectivity index (χ2v) is 5.13. The normalized spacial score (nSPS) is 12.6. The Labute approximate surface area is 116 Å². The highest BCUT2D eigenvalue weighted by atomic mass is 16.4. The van der Waals surface area contributed by atoms with Crippen molar-refractivity contribution < 1.29 is 9.90 Å². The van der Waals surface area contributed by atoms with Crippen LogP contribution in [-0.2, 0) is 11.2 Å². The molecule has 1 aromatic rings. The van der Waals surface area contributed by atoms with Gasteiger partial charge >= 0.3 is 5.97 Å². The number of aliphatic carboxylic acids is 1. The first kappa shape index (κ1) is 15.7. The Morgan fingerprint density at radius 2 is 1.95 bits per heavy atom. The SMILES string of the molecule is CCCCN(CCc1ccccc1)CC(C)C(=O)O. The summed E-state index contributed by atoms with van der Waals surface area (Å²) in [7, 11) is 0. The Balaban J connectivity index is 2.46. The lowest BCUT2D eigenvalue weighted by atomic mass is 10.1. The molecule has 0 bridgehead atoms.